The molecule has 4 aromatic heterocycles. The molecule has 0 atom stereocenters. The summed E-state index contributed by atoms with van der Waals surface area (Å²) in [5.41, 5.74) is 2.83. The molecule has 150 valence electrons. The third kappa shape index (κ3) is 3.64. The molecule has 1 aliphatic heterocycles. The Morgan fingerprint density at radius 1 is 1.14 bits per heavy atom. The lowest BCUT2D eigenvalue weighted by atomic mass is 10.3. The van der Waals surface area contributed by atoms with Crippen LogP contribution in [0.15, 0.2) is 47.1 Å². The Hall–Kier alpha value is -2.04. The van der Waals surface area contributed by atoms with Gasteiger partial charge in [0.25, 0.3) is 10.0 Å². The van der Waals surface area contributed by atoms with Crippen molar-refractivity contribution in [1.82, 2.24) is 24.2 Å². The Bertz CT molecular complexity index is 1260. The number of piperazine rings is 1. The fraction of sp³-hybridized carbons (Fsp3) is 0.263. The normalized spacial score (nSPS) is 16.7. The minimum absolute atomic E-state index is 0.318. The summed E-state index contributed by atoms with van der Waals surface area (Å²) in [7, 11) is -3.53. The Labute approximate surface area is 177 Å². The monoisotopic (exact) mass is 447 g/mol. The van der Waals surface area contributed by atoms with Crippen LogP contribution in [0.1, 0.15) is 5.69 Å². The van der Waals surface area contributed by atoms with Crippen LogP contribution >= 0.6 is 22.9 Å². The summed E-state index contributed by atoms with van der Waals surface area (Å²) in [6.45, 7) is 3.05. The zero-order valence-corrected chi connectivity index (χ0v) is 17.8. The van der Waals surface area contributed by atoms with Crippen molar-refractivity contribution >= 4 is 54.1 Å². The number of thiophene rings is 1. The zero-order valence-electron chi connectivity index (χ0n) is 15.4. The molecule has 1 fully saturated rings. The molecule has 0 spiro atoms. The number of hydrogen-bond donors (Lipinski definition) is 1. The Morgan fingerprint density at radius 3 is 2.76 bits per heavy atom. The van der Waals surface area contributed by atoms with Crippen LogP contribution in [0.4, 0.5) is 0 Å². The summed E-state index contributed by atoms with van der Waals surface area (Å²) >= 11 is 7.19. The number of H-pyrrole nitrogens is 1. The highest BCUT2D eigenvalue weighted by molar-refractivity contribution is 7.91. The van der Waals surface area contributed by atoms with Gasteiger partial charge in [-0.3, -0.25) is 14.9 Å². The van der Waals surface area contributed by atoms with E-state index in [4.69, 9.17) is 11.6 Å². The van der Waals surface area contributed by atoms with E-state index < -0.39 is 10.0 Å². The number of fused-ring (bicyclic) bond motifs is 2. The molecule has 0 unspecified atom stereocenters. The molecule has 1 N–H and O–H groups in total. The number of halogens is 1. The van der Waals surface area contributed by atoms with Gasteiger partial charge < -0.3 is 4.98 Å². The van der Waals surface area contributed by atoms with Gasteiger partial charge in [-0.25, -0.2) is 8.42 Å². The summed E-state index contributed by atoms with van der Waals surface area (Å²) in [6.07, 6.45) is 5.14. The van der Waals surface area contributed by atoms with Crippen LogP contribution in [0.3, 0.4) is 0 Å². The zero-order chi connectivity index (χ0) is 20.0. The molecule has 5 heterocycles. The average molecular weight is 448 g/mol. The summed E-state index contributed by atoms with van der Waals surface area (Å²) in [5, 5.41) is 1.59. The third-order valence-corrected chi connectivity index (χ3v) is 8.74. The van der Waals surface area contributed by atoms with Crippen molar-refractivity contribution in [2.75, 3.05) is 26.2 Å². The van der Waals surface area contributed by atoms with Crippen LogP contribution in [0, 0.1) is 0 Å². The number of nitrogens with one attached hydrogen (secondary N) is 1. The Balaban J connectivity index is 1.28. The Kier molecular flexibility index (Phi) is 4.79. The van der Waals surface area contributed by atoms with E-state index in [2.05, 4.69) is 25.9 Å². The van der Waals surface area contributed by atoms with Crippen molar-refractivity contribution in [1.29, 1.82) is 0 Å². The molecule has 0 radical (unpaired) electrons. The lowest BCUT2D eigenvalue weighted by Gasteiger charge is -2.33. The number of rotatable bonds is 4. The molecule has 4 aromatic rings. The minimum atomic E-state index is -3.53. The SMILES string of the molecule is O=S(=O)(c1cc2ncc(Cl)cc2s1)N1CCN(Cc2cc3cnccc3[nH]2)CC1. The van der Waals surface area contributed by atoms with Gasteiger partial charge in [0.05, 0.1) is 15.2 Å². The number of sulfonamides is 1. The highest BCUT2D eigenvalue weighted by Crippen LogP contribution is 2.31. The van der Waals surface area contributed by atoms with Crippen LogP contribution in [0.5, 0.6) is 0 Å². The lowest BCUT2D eigenvalue weighted by Crippen LogP contribution is -2.48. The van der Waals surface area contributed by atoms with E-state index in [9.17, 15) is 8.42 Å². The molecule has 5 rings (SSSR count). The number of hydrogen-bond acceptors (Lipinski definition) is 6. The van der Waals surface area contributed by atoms with Crippen molar-refractivity contribution in [3.8, 4) is 0 Å². The topological polar surface area (TPSA) is 82.2 Å². The van der Waals surface area contributed by atoms with E-state index >= 15 is 0 Å². The first-order valence-electron chi connectivity index (χ1n) is 9.18. The van der Waals surface area contributed by atoms with E-state index in [0.717, 1.165) is 27.8 Å². The van der Waals surface area contributed by atoms with Gasteiger partial charge in [-0.1, -0.05) is 11.6 Å². The van der Waals surface area contributed by atoms with Gasteiger partial charge in [-0.05, 0) is 24.3 Å². The number of aromatic amines is 1. The molecular weight excluding hydrogens is 430 g/mol. The van der Waals surface area contributed by atoms with Gasteiger partial charge in [-0.2, -0.15) is 4.31 Å². The predicted molar refractivity (Wildman–Crippen MR) is 115 cm³/mol. The maximum atomic E-state index is 13.1. The van der Waals surface area contributed by atoms with Crippen molar-refractivity contribution in [2.45, 2.75) is 10.8 Å². The maximum Gasteiger partial charge on any atom is 0.252 e. The van der Waals surface area contributed by atoms with E-state index in [0.29, 0.717) is 40.9 Å². The molecule has 0 aliphatic carbocycles. The molecule has 1 saturated heterocycles. The highest BCUT2D eigenvalue weighted by Gasteiger charge is 2.30. The van der Waals surface area contributed by atoms with Crippen LogP contribution in [-0.4, -0.2) is 58.8 Å². The fourth-order valence-corrected chi connectivity index (χ4v) is 6.79. The third-order valence-electron chi connectivity index (χ3n) is 5.11. The summed E-state index contributed by atoms with van der Waals surface area (Å²) in [5.74, 6) is 0. The highest BCUT2D eigenvalue weighted by atomic mass is 35.5. The standard InChI is InChI=1S/C19H18ClN5O2S2/c20-14-8-18-17(22-11-14)9-19(28-18)29(26,27)25-5-3-24(4-6-25)12-15-7-13-10-21-2-1-16(13)23-15/h1-2,7-11,23H,3-6,12H2. The molecule has 1 aliphatic rings. The molecule has 0 bridgehead atoms. The fourth-order valence-electron chi connectivity index (χ4n) is 3.61. The van der Waals surface area contributed by atoms with E-state index in [-0.39, 0.29) is 0 Å². The average Bonchev–Trinajstić information content (AvgIpc) is 3.31. The van der Waals surface area contributed by atoms with Crippen LogP contribution in [-0.2, 0) is 16.6 Å². The second kappa shape index (κ2) is 7.33. The summed E-state index contributed by atoms with van der Waals surface area (Å²) in [4.78, 5) is 14.0. The second-order valence-electron chi connectivity index (χ2n) is 7.04. The van der Waals surface area contributed by atoms with Crippen molar-refractivity contribution in [3.63, 3.8) is 0 Å². The number of aromatic nitrogens is 3. The maximum absolute atomic E-state index is 13.1. The van der Waals surface area contributed by atoms with Crippen LogP contribution in [0.25, 0.3) is 21.1 Å². The molecule has 0 aromatic carbocycles. The molecule has 29 heavy (non-hydrogen) atoms. The van der Waals surface area contributed by atoms with Crippen molar-refractivity contribution in [2.24, 2.45) is 0 Å². The van der Waals surface area contributed by atoms with Gasteiger partial charge >= 0.3 is 0 Å². The predicted octanol–water partition coefficient (Wildman–Crippen LogP) is 3.33. The van der Waals surface area contributed by atoms with Gasteiger partial charge in [-0.15, -0.1) is 11.3 Å². The van der Waals surface area contributed by atoms with Gasteiger partial charge in [0, 0.05) is 67.9 Å². The number of nitrogens with zero attached hydrogens (tertiary/aromatic N) is 4. The van der Waals surface area contributed by atoms with Crippen molar-refractivity contribution in [3.05, 3.63) is 53.6 Å². The first kappa shape index (κ1) is 19.0. The quantitative estimate of drug-likeness (QED) is 0.519. The lowest BCUT2D eigenvalue weighted by molar-refractivity contribution is 0.180. The van der Waals surface area contributed by atoms with E-state index in [1.807, 2.05) is 12.3 Å². The molecule has 7 nitrogen and oxygen atoms in total. The summed E-state index contributed by atoms with van der Waals surface area (Å²) in [6, 6.07) is 7.44. The first-order chi connectivity index (χ1) is 14.0. The van der Waals surface area contributed by atoms with Crippen LogP contribution in [0.2, 0.25) is 5.02 Å². The van der Waals surface area contributed by atoms with E-state index in [1.165, 1.54) is 17.5 Å². The van der Waals surface area contributed by atoms with Crippen molar-refractivity contribution < 1.29 is 8.42 Å². The van der Waals surface area contributed by atoms with Gasteiger partial charge in [0.15, 0.2) is 0 Å². The minimum Gasteiger partial charge on any atom is -0.357 e. The Morgan fingerprint density at radius 2 is 1.97 bits per heavy atom. The summed E-state index contributed by atoms with van der Waals surface area (Å²) < 4.78 is 28.8. The second-order valence-corrected chi connectivity index (χ2v) is 10.7. The molecular formula is C19H18ClN5O2S2. The molecule has 0 amide bonds. The first-order valence-corrected chi connectivity index (χ1v) is 11.8. The largest absolute Gasteiger partial charge is 0.357 e. The van der Waals surface area contributed by atoms with Gasteiger partial charge in [0.2, 0.25) is 0 Å². The van der Waals surface area contributed by atoms with Crippen LogP contribution < -0.4 is 0 Å². The molecule has 0 saturated carbocycles. The molecule has 10 heteroatoms. The number of pyridine rings is 2. The van der Waals surface area contributed by atoms with E-state index in [1.54, 1.807) is 22.6 Å². The van der Waals surface area contributed by atoms with Gasteiger partial charge in [0.1, 0.15) is 4.21 Å². The smallest absolute Gasteiger partial charge is 0.252 e.